The second kappa shape index (κ2) is 9.41. The summed E-state index contributed by atoms with van der Waals surface area (Å²) in [7, 11) is 3.42. The molecule has 0 aliphatic carbocycles. The number of fused-ring (bicyclic) bond motifs is 1. The van der Waals surface area contributed by atoms with Crippen molar-refractivity contribution >= 4 is 34.3 Å². The number of carbonyl (C=O) groups is 1. The van der Waals surface area contributed by atoms with E-state index in [1.54, 1.807) is 35.8 Å². The van der Waals surface area contributed by atoms with Crippen LogP contribution in [0.4, 0.5) is 5.69 Å². The number of aromatic nitrogens is 4. The molecule has 2 aromatic carbocycles. The summed E-state index contributed by atoms with van der Waals surface area (Å²) >= 11 is 1.14. The Kier molecular flexibility index (Phi) is 6.16. The molecule has 0 unspecified atom stereocenters. The van der Waals surface area contributed by atoms with Crippen molar-refractivity contribution < 1.29 is 14.5 Å². The Labute approximate surface area is 205 Å². The molecule has 0 saturated carbocycles. The average molecular weight is 493 g/mol. The van der Waals surface area contributed by atoms with E-state index in [0.29, 0.717) is 34.6 Å². The molecule has 1 aliphatic rings. The fraction of sp³-hybridized carbons (Fsp3) is 0.292. The summed E-state index contributed by atoms with van der Waals surface area (Å²) in [5.41, 5.74) is 2.48. The number of hydrogen-bond acceptors (Lipinski definition) is 7. The number of rotatable bonds is 6. The molecule has 10 nitrogen and oxygen atoms in total. The summed E-state index contributed by atoms with van der Waals surface area (Å²) in [4.78, 5) is 30.0. The van der Waals surface area contributed by atoms with Gasteiger partial charge in [-0.15, -0.1) is 10.2 Å². The van der Waals surface area contributed by atoms with Crippen molar-refractivity contribution in [1.82, 2.24) is 24.6 Å². The number of nitro groups is 1. The highest BCUT2D eigenvalue weighted by Gasteiger charge is 2.28. The van der Waals surface area contributed by atoms with Crippen LogP contribution in [0.2, 0.25) is 0 Å². The smallest absolute Gasteiger partial charge is 0.284 e. The fourth-order valence-electron chi connectivity index (χ4n) is 4.50. The summed E-state index contributed by atoms with van der Waals surface area (Å²) in [6.45, 7) is 1.17. The van der Waals surface area contributed by atoms with Gasteiger partial charge in [0.1, 0.15) is 12.1 Å². The van der Waals surface area contributed by atoms with Gasteiger partial charge >= 0.3 is 0 Å². The fourth-order valence-corrected chi connectivity index (χ4v) is 5.35. The lowest BCUT2D eigenvalue weighted by atomic mass is 9.89. The summed E-state index contributed by atoms with van der Waals surface area (Å²) in [5.74, 6) is 0.940. The molecule has 1 N–H and O–H groups in total. The Hall–Kier alpha value is -3.86. The monoisotopic (exact) mass is 492 g/mol. The van der Waals surface area contributed by atoms with Crippen LogP contribution in [0.3, 0.4) is 0 Å². The van der Waals surface area contributed by atoms with E-state index >= 15 is 0 Å². The van der Waals surface area contributed by atoms with E-state index in [1.807, 2.05) is 24.4 Å². The van der Waals surface area contributed by atoms with Gasteiger partial charge in [-0.25, -0.2) is 0 Å². The lowest BCUT2D eigenvalue weighted by molar-refractivity contribution is -0.387. The zero-order valence-corrected chi connectivity index (χ0v) is 20.1. The number of likely N-dealkylation sites (tertiary alicyclic amines) is 1. The molecule has 3 heterocycles. The van der Waals surface area contributed by atoms with Gasteiger partial charge < -0.3 is 19.2 Å². The lowest BCUT2D eigenvalue weighted by Crippen LogP contribution is -2.37. The van der Waals surface area contributed by atoms with Crippen molar-refractivity contribution in [2.45, 2.75) is 28.8 Å². The van der Waals surface area contributed by atoms with Crippen molar-refractivity contribution in [3.63, 3.8) is 0 Å². The van der Waals surface area contributed by atoms with Gasteiger partial charge in [-0.3, -0.25) is 14.9 Å². The molecule has 0 spiro atoms. The minimum absolute atomic E-state index is 0.119. The average Bonchev–Trinajstić information content (AvgIpc) is 3.49. The number of amides is 1. The van der Waals surface area contributed by atoms with E-state index in [1.165, 1.54) is 18.0 Å². The number of carbonyl (C=O) groups excluding carboxylic acids is 1. The minimum atomic E-state index is -0.465. The highest BCUT2D eigenvalue weighted by molar-refractivity contribution is 7.99. The van der Waals surface area contributed by atoms with Crippen molar-refractivity contribution in [2.24, 2.45) is 7.05 Å². The van der Waals surface area contributed by atoms with Crippen LogP contribution in [0.25, 0.3) is 10.9 Å². The van der Waals surface area contributed by atoms with Gasteiger partial charge in [0.2, 0.25) is 0 Å². The predicted octanol–water partition coefficient (Wildman–Crippen LogP) is 4.38. The second-order valence-electron chi connectivity index (χ2n) is 8.49. The van der Waals surface area contributed by atoms with Gasteiger partial charge in [-0.2, -0.15) is 0 Å². The molecular formula is C24H24N6O4S. The number of H-pyrrole nitrogens is 1. The molecule has 0 atom stereocenters. The summed E-state index contributed by atoms with van der Waals surface area (Å²) in [5, 5.41) is 21.2. The van der Waals surface area contributed by atoms with Crippen LogP contribution >= 0.6 is 11.8 Å². The number of nitro benzene ring substituents is 1. The third kappa shape index (κ3) is 4.46. The van der Waals surface area contributed by atoms with Crippen LogP contribution in [0.5, 0.6) is 5.75 Å². The molecule has 11 heteroatoms. The van der Waals surface area contributed by atoms with E-state index in [4.69, 9.17) is 4.74 Å². The molecule has 1 amide bonds. The Morgan fingerprint density at radius 1 is 1.23 bits per heavy atom. The Bertz CT molecular complexity index is 1410. The first-order valence-corrected chi connectivity index (χ1v) is 12.0. The second-order valence-corrected chi connectivity index (χ2v) is 9.50. The van der Waals surface area contributed by atoms with Crippen LogP contribution in [0, 0.1) is 10.1 Å². The number of methoxy groups -OCH3 is 1. The number of hydrogen-bond donors (Lipinski definition) is 1. The third-order valence-electron chi connectivity index (χ3n) is 6.42. The van der Waals surface area contributed by atoms with E-state index < -0.39 is 4.92 Å². The van der Waals surface area contributed by atoms with Crippen LogP contribution < -0.4 is 4.74 Å². The normalized spacial score (nSPS) is 14.4. The molecule has 180 valence electrons. The molecule has 35 heavy (non-hydrogen) atoms. The number of benzene rings is 2. The molecular weight excluding hydrogens is 468 g/mol. The number of aromatic amines is 1. The first-order valence-electron chi connectivity index (χ1n) is 11.2. The molecule has 2 aromatic heterocycles. The molecule has 1 aliphatic heterocycles. The van der Waals surface area contributed by atoms with E-state index in [9.17, 15) is 14.9 Å². The first-order chi connectivity index (χ1) is 16.9. The minimum Gasteiger partial charge on any atom is -0.497 e. The van der Waals surface area contributed by atoms with Gasteiger partial charge in [0.25, 0.3) is 11.6 Å². The van der Waals surface area contributed by atoms with Crippen LogP contribution in [0.1, 0.15) is 34.7 Å². The Morgan fingerprint density at radius 2 is 2.03 bits per heavy atom. The van der Waals surface area contributed by atoms with Crippen LogP contribution in [-0.4, -0.2) is 55.7 Å². The first kappa shape index (κ1) is 22.9. The van der Waals surface area contributed by atoms with E-state index in [0.717, 1.165) is 41.3 Å². The van der Waals surface area contributed by atoms with Gasteiger partial charge in [-0.05, 0) is 66.4 Å². The van der Waals surface area contributed by atoms with Crippen LogP contribution in [-0.2, 0) is 7.05 Å². The standard InChI is InChI=1S/C24H24N6O4S/c1-28-14-26-27-24(28)35-22-6-3-16(11-21(22)30(32)33)23(31)29-9-7-15(8-10-29)19-13-25-20-5-4-17(34-2)12-18(19)20/h3-6,11-15,25H,7-10H2,1-2H3. The zero-order chi connectivity index (χ0) is 24.5. The molecule has 4 aromatic rings. The quantitative estimate of drug-likeness (QED) is 0.313. The molecule has 0 radical (unpaired) electrons. The van der Waals surface area contributed by atoms with Crippen molar-refractivity contribution in [2.75, 3.05) is 20.2 Å². The van der Waals surface area contributed by atoms with Crippen molar-refractivity contribution in [3.8, 4) is 5.75 Å². The van der Waals surface area contributed by atoms with Crippen molar-refractivity contribution in [3.05, 3.63) is 70.2 Å². The van der Waals surface area contributed by atoms with Gasteiger partial charge in [0.15, 0.2) is 5.16 Å². The highest BCUT2D eigenvalue weighted by Crippen LogP contribution is 2.37. The van der Waals surface area contributed by atoms with Crippen LogP contribution in [0.15, 0.2) is 59.0 Å². The lowest BCUT2D eigenvalue weighted by Gasteiger charge is -2.32. The summed E-state index contributed by atoms with van der Waals surface area (Å²) in [6.07, 6.45) is 5.21. The molecule has 1 fully saturated rings. The number of nitrogens with zero attached hydrogens (tertiary/aromatic N) is 5. The van der Waals surface area contributed by atoms with E-state index in [2.05, 4.69) is 15.2 Å². The number of piperidine rings is 1. The summed E-state index contributed by atoms with van der Waals surface area (Å²) < 4.78 is 7.06. The van der Waals surface area contributed by atoms with Crippen molar-refractivity contribution in [1.29, 1.82) is 0 Å². The molecule has 0 bridgehead atoms. The number of aryl methyl sites for hydroxylation is 1. The number of nitrogens with one attached hydrogen (secondary N) is 1. The molecule has 5 rings (SSSR count). The largest absolute Gasteiger partial charge is 0.497 e. The topological polar surface area (TPSA) is 119 Å². The third-order valence-corrected chi connectivity index (χ3v) is 7.53. The van der Waals surface area contributed by atoms with E-state index in [-0.39, 0.29) is 11.6 Å². The zero-order valence-electron chi connectivity index (χ0n) is 19.3. The summed E-state index contributed by atoms with van der Waals surface area (Å²) in [6, 6.07) is 10.6. The Balaban J connectivity index is 1.31. The predicted molar refractivity (Wildman–Crippen MR) is 131 cm³/mol. The Morgan fingerprint density at radius 3 is 2.71 bits per heavy atom. The SMILES string of the molecule is COc1ccc2[nH]cc(C3CCN(C(=O)c4ccc(Sc5nncn5C)c([N+](=O)[O-])c4)CC3)c2c1. The van der Waals surface area contributed by atoms with Gasteiger partial charge in [-0.1, -0.05) is 0 Å². The number of ether oxygens (including phenoxy) is 1. The van der Waals surface area contributed by atoms with Gasteiger partial charge in [0.05, 0.1) is 16.9 Å². The van der Waals surface area contributed by atoms with Gasteiger partial charge in [0, 0.05) is 48.9 Å². The maximum atomic E-state index is 13.2. The highest BCUT2D eigenvalue weighted by atomic mass is 32.2. The maximum absolute atomic E-state index is 13.2. The molecule has 1 saturated heterocycles. The maximum Gasteiger partial charge on any atom is 0.284 e.